The van der Waals surface area contributed by atoms with E-state index in [2.05, 4.69) is 0 Å². The zero-order valence-electron chi connectivity index (χ0n) is 9.19. The Kier molecular flexibility index (Phi) is 3.75. The van der Waals surface area contributed by atoms with Gasteiger partial charge in [0.1, 0.15) is 11.5 Å². The van der Waals surface area contributed by atoms with Crippen LogP contribution in [-0.4, -0.2) is 5.91 Å². The third kappa shape index (κ3) is 2.94. The van der Waals surface area contributed by atoms with E-state index in [4.69, 9.17) is 33.4 Å². The molecule has 0 atom stereocenters. The molecular weight excluding hydrogens is 273 g/mol. The smallest absolute Gasteiger partial charge is 0.241 e. The van der Waals surface area contributed by atoms with Crippen LogP contribution in [0.15, 0.2) is 40.8 Å². The number of carbonyl (C=O) groups is 1. The molecule has 1 amide bonds. The molecule has 0 fully saturated rings. The number of primary amides is 1. The molecule has 0 radical (unpaired) electrons. The molecule has 92 valence electrons. The van der Waals surface area contributed by atoms with E-state index in [-0.39, 0.29) is 0 Å². The lowest BCUT2D eigenvalue weighted by Crippen LogP contribution is -2.04. The van der Waals surface area contributed by atoms with Crippen LogP contribution in [0, 0.1) is 0 Å². The minimum atomic E-state index is -0.525. The number of carbonyl (C=O) groups excluding carboxylic acids is 1. The summed E-state index contributed by atoms with van der Waals surface area (Å²) in [5.74, 6) is 0.648. The van der Waals surface area contributed by atoms with Crippen molar-refractivity contribution in [3.63, 3.8) is 0 Å². The highest BCUT2D eigenvalue weighted by atomic mass is 35.5. The molecular formula is C13H9Cl2NO2. The van der Waals surface area contributed by atoms with Crippen molar-refractivity contribution in [2.24, 2.45) is 5.73 Å². The molecule has 18 heavy (non-hydrogen) atoms. The molecule has 0 aliphatic rings. The number of rotatable bonds is 3. The lowest BCUT2D eigenvalue weighted by atomic mass is 10.2. The van der Waals surface area contributed by atoms with Gasteiger partial charge in [-0.1, -0.05) is 23.2 Å². The van der Waals surface area contributed by atoms with Crippen LogP contribution in [0.5, 0.6) is 0 Å². The Balaban J connectivity index is 2.29. The molecule has 5 heteroatoms. The van der Waals surface area contributed by atoms with Crippen molar-refractivity contribution < 1.29 is 9.21 Å². The van der Waals surface area contributed by atoms with Crippen LogP contribution in [0.1, 0.15) is 5.76 Å². The van der Waals surface area contributed by atoms with E-state index in [9.17, 15) is 4.79 Å². The maximum absolute atomic E-state index is 10.6. The van der Waals surface area contributed by atoms with Gasteiger partial charge in [0.05, 0.1) is 10.0 Å². The monoisotopic (exact) mass is 281 g/mol. The highest BCUT2D eigenvalue weighted by molar-refractivity contribution is 6.42. The predicted octanol–water partition coefficient (Wildman–Crippen LogP) is 3.75. The molecule has 0 unspecified atom stereocenters. The van der Waals surface area contributed by atoms with E-state index in [0.717, 1.165) is 5.56 Å². The van der Waals surface area contributed by atoms with Crippen molar-refractivity contribution >= 4 is 35.2 Å². The van der Waals surface area contributed by atoms with Gasteiger partial charge in [-0.15, -0.1) is 0 Å². The molecule has 0 spiro atoms. The van der Waals surface area contributed by atoms with Crippen LogP contribution >= 0.6 is 23.2 Å². The summed E-state index contributed by atoms with van der Waals surface area (Å²) in [5.41, 5.74) is 5.80. The highest BCUT2D eigenvalue weighted by Crippen LogP contribution is 2.29. The number of amides is 1. The first-order valence-electron chi connectivity index (χ1n) is 5.09. The summed E-state index contributed by atoms with van der Waals surface area (Å²) in [7, 11) is 0. The van der Waals surface area contributed by atoms with Gasteiger partial charge < -0.3 is 10.2 Å². The SMILES string of the molecule is NC(=O)/C=C\c1ccc(-c2ccc(Cl)c(Cl)c2)o1. The first-order valence-corrected chi connectivity index (χ1v) is 5.84. The van der Waals surface area contributed by atoms with E-state index in [1.807, 2.05) is 0 Å². The van der Waals surface area contributed by atoms with E-state index in [1.165, 1.54) is 12.2 Å². The Labute approximate surface area is 114 Å². The van der Waals surface area contributed by atoms with Crippen LogP contribution in [0.4, 0.5) is 0 Å². The van der Waals surface area contributed by atoms with Gasteiger partial charge in [-0.2, -0.15) is 0 Å². The molecule has 2 N–H and O–H groups in total. The van der Waals surface area contributed by atoms with Gasteiger partial charge in [0, 0.05) is 11.6 Å². The molecule has 2 rings (SSSR count). The van der Waals surface area contributed by atoms with Gasteiger partial charge >= 0.3 is 0 Å². The normalized spacial score (nSPS) is 11.0. The molecule has 0 aliphatic heterocycles. The minimum Gasteiger partial charge on any atom is -0.457 e. The first kappa shape index (κ1) is 12.7. The topological polar surface area (TPSA) is 56.2 Å². The van der Waals surface area contributed by atoms with Crippen molar-refractivity contribution in [2.75, 3.05) is 0 Å². The third-order valence-corrected chi connectivity index (χ3v) is 2.98. The highest BCUT2D eigenvalue weighted by Gasteiger charge is 2.05. The molecule has 2 aromatic rings. The Hall–Kier alpha value is -1.71. The number of hydrogen-bond donors (Lipinski definition) is 1. The van der Waals surface area contributed by atoms with Crippen LogP contribution in [0.2, 0.25) is 10.0 Å². The standard InChI is InChI=1S/C13H9Cl2NO2/c14-10-4-1-8(7-11(10)15)12-5-2-9(18-12)3-6-13(16)17/h1-7H,(H2,16,17)/b6-3-. The van der Waals surface area contributed by atoms with Crippen molar-refractivity contribution in [1.82, 2.24) is 0 Å². The number of benzene rings is 1. The maximum Gasteiger partial charge on any atom is 0.241 e. The van der Waals surface area contributed by atoms with E-state index < -0.39 is 5.91 Å². The summed E-state index contributed by atoms with van der Waals surface area (Å²) < 4.78 is 5.52. The zero-order chi connectivity index (χ0) is 13.1. The van der Waals surface area contributed by atoms with Crippen LogP contribution in [0.25, 0.3) is 17.4 Å². The summed E-state index contributed by atoms with van der Waals surface area (Å²) >= 11 is 11.8. The lowest BCUT2D eigenvalue weighted by molar-refractivity contribution is -0.113. The largest absolute Gasteiger partial charge is 0.457 e. The maximum atomic E-state index is 10.6. The van der Waals surface area contributed by atoms with Gasteiger partial charge in [-0.05, 0) is 36.4 Å². The second kappa shape index (κ2) is 5.29. The number of halogens is 2. The predicted molar refractivity (Wildman–Crippen MR) is 72.4 cm³/mol. The summed E-state index contributed by atoms with van der Waals surface area (Å²) in [6.45, 7) is 0. The van der Waals surface area contributed by atoms with Crippen LogP contribution in [0.3, 0.4) is 0 Å². The Morgan fingerprint density at radius 3 is 2.61 bits per heavy atom. The second-order valence-electron chi connectivity index (χ2n) is 3.57. The number of furan rings is 1. The van der Waals surface area contributed by atoms with Crippen molar-refractivity contribution in [2.45, 2.75) is 0 Å². The fourth-order valence-corrected chi connectivity index (χ4v) is 1.71. The van der Waals surface area contributed by atoms with Gasteiger partial charge in [-0.25, -0.2) is 0 Å². The average molecular weight is 282 g/mol. The molecule has 0 saturated carbocycles. The minimum absolute atomic E-state index is 0.458. The number of hydrogen-bond acceptors (Lipinski definition) is 2. The Bertz CT molecular complexity index is 617. The fourth-order valence-electron chi connectivity index (χ4n) is 1.41. The molecule has 1 heterocycles. The van der Waals surface area contributed by atoms with Gasteiger partial charge in [0.25, 0.3) is 0 Å². The van der Waals surface area contributed by atoms with Gasteiger partial charge in [-0.3, -0.25) is 4.79 Å². The molecule has 1 aromatic heterocycles. The summed E-state index contributed by atoms with van der Waals surface area (Å²) in [6.07, 6.45) is 2.74. The van der Waals surface area contributed by atoms with E-state index >= 15 is 0 Å². The molecule has 0 saturated heterocycles. The lowest BCUT2D eigenvalue weighted by Gasteiger charge is -1.99. The summed E-state index contributed by atoms with van der Waals surface area (Å²) in [6, 6.07) is 8.72. The van der Waals surface area contributed by atoms with Crippen molar-refractivity contribution in [3.05, 3.63) is 52.2 Å². The quantitative estimate of drug-likeness (QED) is 0.871. The molecule has 0 bridgehead atoms. The number of nitrogens with two attached hydrogens (primary N) is 1. The summed E-state index contributed by atoms with van der Waals surface area (Å²) in [4.78, 5) is 10.6. The van der Waals surface area contributed by atoms with Crippen LogP contribution < -0.4 is 5.73 Å². The average Bonchev–Trinajstić information content (AvgIpc) is 2.79. The Morgan fingerprint density at radius 2 is 1.94 bits per heavy atom. The zero-order valence-corrected chi connectivity index (χ0v) is 10.7. The van der Waals surface area contributed by atoms with Gasteiger partial charge in [0.2, 0.25) is 5.91 Å². The van der Waals surface area contributed by atoms with Gasteiger partial charge in [0.15, 0.2) is 0 Å². The van der Waals surface area contributed by atoms with Crippen molar-refractivity contribution in [1.29, 1.82) is 0 Å². The van der Waals surface area contributed by atoms with Crippen molar-refractivity contribution in [3.8, 4) is 11.3 Å². The molecule has 3 nitrogen and oxygen atoms in total. The first-order chi connectivity index (χ1) is 8.56. The van der Waals surface area contributed by atoms with E-state index in [0.29, 0.717) is 21.6 Å². The molecule has 1 aromatic carbocycles. The summed E-state index contributed by atoms with van der Waals surface area (Å²) in [5, 5.41) is 0.945. The molecule has 0 aliphatic carbocycles. The second-order valence-corrected chi connectivity index (χ2v) is 4.38. The Morgan fingerprint density at radius 1 is 1.17 bits per heavy atom. The van der Waals surface area contributed by atoms with E-state index in [1.54, 1.807) is 30.3 Å². The third-order valence-electron chi connectivity index (χ3n) is 2.24. The fraction of sp³-hybridized carbons (Fsp3) is 0. The van der Waals surface area contributed by atoms with Crippen LogP contribution in [-0.2, 0) is 4.79 Å².